The van der Waals surface area contributed by atoms with Crippen molar-refractivity contribution in [2.24, 2.45) is 0 Å². The van der Waals surface area contributed by atoms with Crippen molar-refractivity contribution >= 4 is 28.6 Å². The molecule has 0 radical (unpaired) electrons. The first kappa shape index (κ1) is 19.4. The molecule has 4 rings (SSSR count). The Bertz CT molecular complexity index is 1060. The van der Waals surface area contributed by atoms with Crippen molar-refractivity contribution in [3.63, 3.8) is 0 Å². The summed E-state index contributed by atoms with van der Waals surface area (Å²) in [7, 11) is 0. The molecule has 0 bridgehead atoms. The van der Waals surface area contributed by atoms with Gasteiger partial charge in [-0.05, 0) is 30.7 Å². The number of nitrogens with one attached hydrogen (secondary N) is 1. The molecule has 4 aromatic heterocycles. The first-order chi connectivity index (χ1) is 14.3. The third-order valence-electron chi connectivity index (χ3n) is 4.22. The van der Waals surface area contributed by atoms with Gasteiger partial charge < -0.3 is 5.32 Å². The Morgan fingerprint density at radius 1 is 0.966 bits per heavy atom. The van der Waals surface area contributed by atoms with Gasteiger partial charge in [-0.3, -0.25) is 14.8 Å². The van der Waals surface area contributed by atoms with Crippen LogP contribution in [0.4, 0.5) is 0 Å². The zero-order chi connectivity index (χ0) is 19.9. The third-order valence-corrected chi connectivity index (χ3v) is 6.07. The quantitative estimate of drug-likeness (QED) is 0.435. The highest BCUT2D eigenvalue weighted by molar-refractivity contribution is 7.13. The number of aryl methyl sites for hydroxylation is 1. The van der Waals surface area contributed by atoms with Crippen molar-refractivity contribution in [3.05, 3.63) is 70.5 Å². The molecular weight excluding hydrogens is 402 g/mol. The molecular formula is C21H19N5OS2. The van der Waals surface area contributed by atoms with Crippen LogP contribution in [0.1, 0.15) is 17.1 Å². The van der Waals surface area contributed by atoms with E-state index in [1.54, 1.807) is 36.1 Å². The SMILES string of the molecule is O=C(Cc1csc(-c2cccnc2)n1)NCCCc1nc(-c2ccncc2)cs1. The second-order valence-corrected chi connectivity index (χ2v) is 8.18. The van der Waals surface area contributed by atoms with Crippen molar-refractivity contribution < 1.29 is 4.79 Å². The number of aromatic nitrogens is 4. The van der Waals surface area contributed by atoms with E-state index in [4.69, 9.17) is 0 Å². The van der Waals surface area contributed by atoms with Gasteiger partial charge in [-0.25, -0.2) is 9.97 Å². The topological polar surface area (TPSA) is 80.7 Å². The normalized spacial score (nSPS) is 10.8. The molecule has 0 atom stereocenters. The van der Waals surface area contributed by atoms with E-state index >= 15 is 0 Å². The molecule has 0 saturated heterocycles. The molecule has 0 spiro atoms. The number of nitrogens with zero attached hydrogens (tertiary/aromatic N) is 4. The van der Waals surface area contributed by atoms with Gasteiger partial charge in [0.25, 0.3) is 0 Å². The first-order valence-corrected chi connectivity index (χ1v) is 11.0. The van der Waals surface area contributed by atoms with Crippen LogP contribution < -0.4 is 5.32 Å². The van der Waals surface area contributed by atoms with Crippen molar-refractivity contribution in [3.8, 4) is 21.8 Å². The average Bonchev–Trinajstić information content (AvgIpc) is 3.42. The number of hydrogen-bond acceptors (Lipinski definition) is 7. The molecule has 146 valence electrons. The molecule has 8 heteroatoms. The second kappa shape index (κ2) is 9.49. The Hall–Kier alpha value is -2.97. The molecule has 0 fully saturated rings. The Kier molecular flexibility index (Phi) is 6.33. The van der Waals surface area contributed by atoms with Crippen molar-refractivity contribution in [1.82, 2.24) is 25.3 Å². The molecule has 1 amide bonds. The van der Waals surface area contributed by atoms with E-state index in [9.17, 15) is 4.79 Å². The van der Waals surface area contributed by atoms with Crippen LogP contribution in [0.25, 0.3) is 21.8 Å². The third kappa shape index (κ3) is 5.30. The summed E-state index contributed by atoms with van der Waals surface area (Å²) in [6.45, 7) is 0.628. The number of pyridine rings is 2. The smallest absolute Gasteiger partial charge is 0.226 e. The molecule has 29 heavy (non-hydrogen) atoms. The maximum Gasteiger partial charge on any atom is 0.226 e. The van der Waals surface area contributed by atoms with Gasteiger partial charge in [0.2, 0.25) is 5.91 Å². The summed E-state index contributed by atoms with van der Waals surface area (Å²) < 4.78 is 0. The first-order valence-electron chi connectivity index (χ1n) is 9.24. The van der Waals surface area contributed by atoms with Crippen LogP contribution >= 0.6 is 22.7 Å². The van der Waals surface area contributed by atoms with Crippen LogP contribution in [0.15, 0.2) is 59.8 Å². The monoisotopic (exact) mass is 421 g/mol. The molecule has 0 aliphatic rings. The van der Waals surface area contributed by atoms with E-state index in [2.05, 4.69) is 30.6 Å². The van der Waals surface area contributed by atoms with E-state index in [0.717, 1.165) is 45.4 Å². The molecule has 0 aromatic carbocycles. The maximum absolute atomic E-state index is 12.2. The van der Waals surface area contributed by atoms with Crippen molar-refractivity contribution in [2.75, 3.05) is 6.54 Å². The molecule has 0 aliphatic heterocycles. The number of amides is 1. The lowest BCUT2D eigenvalue weighted by Gasteiger charge is -2.03. The summed E-state index contributed by atoms with van der Waals surface area (Å²) >= 11 is 3.18. The van der Waals surface area contributed by atoms with Crippen LogP contribution in [0.2, 0.25) is 0 Å². The zero-order valence-corrected chi connectivity index (χ0v) is 17.2. The van der Waals surface area contributed by atoms with Gasteiger partial charge in [0.15, 0.2) is 0 Å². The van der Waals surface area contributed by atoms with Crippen LogP contribution in [-0.4, -0.2) is 32.4 Å². The minimum absolute atomic E-state index is 0.00958. The zero-order valence-electron chi connectivity index (χ0n) is 15.6. The van der Waals surface area contributed by atoms with E-state index in [1.807, 2.05) is 29.6 Å². The number of carbonyl (C=O) groups is 1. The van der Waals surface area contributed by atoms with Gasteiger partial charge in [0, 0.05) is 59.6 Å². The fourth-order valence-electron chi connectivity index (χ4n) is 2.79. The molecule has 4 heterocycles. The highest BCUT2D eigenvalue weighted by Crippen LogP contribution is 2.23. The summed E-state index contributed by atoms with van der Waals surface area (Å²) in [5.74, 6) is -0.00958. The minimum Gasteiger partial charge on any atom is -0.356 e. The molecule has 4 aromatic rings. The molecule has 0 aliphatic carbocycles. The summed E-state index contributed by atoms with van der Waals surface area (Å²) in [6.07, 6.45) is 9.04. The molecule has 0 unspecified atom stereocenters. The van der Waals surface area contributed by atoms with Gasteiger partial charge >= 0.3 is 0 Å². The van der Waals surface area contributed by atoms with Gasteiger partial charge in [-0.15, -0.1) is 22.7 Å². The van der Waals surface area contributed by atoms with Gasteiger partial charge in [0.1, 0.15) is 5.01 Å². The molecule has 0 saturated carbocycles. The molecule has 1 N–H and O–H groups in total. The van der Waals surface area contributed by atoms with E-state index < -0.39 is 0 Å². The number of rotatable bonds is 8. The van der Waals surface area contributed by atoms with Gasteiger partial charge in [-0.2, -0.15) is 0 Å². The summed E-state index contributed by atoms with van der Waals surface area (Å²) in [6, 6.07) is 7.76. The largest absolute Gasteiger partial charge is 0.356 e. The fraction of sp³-hybridized carbons (Fsp3) is 0.190. The van der Waals surface area contributed by atoms with Gasteiger partial charge in [0.05, 0.1) is 22.8 Å². The Morgan fingerprint density at radius 3 is 2.69 bits per heavy atom. The van der Waals surface area contributed by atoms with Crippen LogP contribution in [0, 0.1) is 0 Å². The molecule has 6 nitrogen and oxygen atoms in total. The number of thiazole rings is 2. The number of carbonyl (C=O) groups excluding carboxylic acids is 1. The van der Waals surface area contributed by atoms with E-state index in [0.29, 0.717) is 13.0 Å². The van der Waals surface area contributed by atoms with Crippen molar-refractivity contribution in [2.45, 2.75) is 19.3 Å². The van der Waals surface area contributed by atoms with Crippen LogP contribution in [0.5, 0.6) is 0 Å². The second-order valence-electron chi connectivity index (χ2n) is 6.38. The lowest BCUT2D eigenvalue weighted by molar-refractivity contribution is -0.120. The van der Waals surface area contributed by atoms with Crippen LogP contribution in [0.3, 0.4) is 0 Å². The highest BCUT2D eigenvalue weighted by Gasteiger charge is 2.09. The minimum atomic E-state index is -0.00958. The fourth-order valence-corrected chi connectivity index (χ4v) is 4.45. The van der Waals surface area contributed by atoms with E-state index in [-0.39, 0.29) is 5.91 Å². The Balaban J connectivity index is 1.21. The van der Waals surface area contributed by atoms with E-state index in [1.165, 1.54) is 11.3 Å². The standard InChI is InChI=1S/C21H19N5OS2/c27-19(11-17-13-29-21(25-17)16-3-1-7-23-12-16)24-8-2-4-20-26-18(14-28-20)15-5-9-22-10-6-15/h1,3,5-7,9-10,12-14H,2,4,8,11H2,(H,24,27). The van der Waals surface area contributed by atoms with Crippen molar-refractivity contribution in [1.29, 1.82) is 0 Å². The predicted octanol–water partition coefficient (Wildman–Crippen LogP) is 4.02. The average molecular weight is 422 g/mol. The summed E-state index contributed by atoms with van der Waals surface area (Å²) in [5.41, 5.74) is 3.81. The summed E-state index contributed by atoms with van der Waals surface area (Å²) in [5, 5.41) is 8.92. The Labute approximate surface area is 176 Å². The maximum atomic E-state index is 12.2. The lowest BCUT2D eigenvalue weighted by atomic mass is 10.2. The summed E-state index contributed by atoms with van der Waals surface area (Å²) in [4.78, 5) is 29.5. The van der Waals surface area contributed by atoms with Gasteiger partial charge in [-0.1, -0.05) is 0 Å². The predicted molar refractivity (Wildman–Crippen MR) is 116 cm³/mol. The van der Waals surface area contributed by atoms with Crippen LogP contribution in [-0.2, 0) is 17.6 Å². The highest BCUT2D eigenvalue weighted by atomic mass is 32.1. The number of hydrogen-bond donors (Lipinski definition) is 1. The lowest BCUT2D eigenvalue weighted by Crippen LogP contribution is -2.26. The Morgan fingerprint density at radius 2 is 1.86 bits per heavy atom.